The van der Waals surface area contributed by atoms with Gasteiger partial charge in [-0.25, -0.2) is 0 Å². The number of aliphatic hydroxyl groups excluding tert-OH is 1. The highest BCUT2D eigenvalue weighted by atomic mass is 16.7. The molecule has 1 aliphatic heterocycles. The summed E-state index contributed by atoms with van der Waals surface area (Å²) in [5, 5.41) is 12.9. The first-order chi connectivity index (χ1) is 13.7. The SMILES string of the molecule is CC(=O)OC[C@@H]1O[C@H](O)[C@H](NC(=O)c2cccnc2)[C@@H](OC(C)=O)[C@H]1OC(C)=O. The third-order valence-corrected chi connectivity index (χ3v) is 3.94. The fourth-order valence-corrected chi connectivity index (χ4v) is 2.80. The molecule has 0 saturated carbocycles. The summed E-state index contributed by atoms with van der Waals surface area (Å²) in [6.07, 6.45) is -2.55. The van der Waals surface area contributed by atoms with E-state index >= 15 is 0 Å². The number of pyridine rings is 1. The molecule has 1 aliphatic rings. The van der Waals surface area contributed by atoms with Gasteiger partial charge in [0.1, 0.15) is 18.8 Å². The lowest BCUT2D eigenvalue weighted by atomic mass is 9.96. The topological polar surface area (TPSA) is 150 Å². The van der Waals surface area contributed by atoms with Crippen LogP contribution in [-0.4, -0.2) is 71.2 Å². The lowest BCUT2D eigenvalue weighted by molar-refractivity contribution is -0.263. The number of hydrogen-bond acceptors (Lipinski definition) is 10. The Labute approximate surface area is 166 Å². The summed E-state index contributed by atoms with van der Waals surface area (Å²) in [4.78, 5) is 50.6. The molecule has 158 valence electrons. The normalized spacial score (nSPS) is 26.1. The zero-order valence-corrected chi connectivity index (χ0v) is 16.1. The van der Waals surface area contributed by atoms with Crippen molar-refractivity contribution in [3.63, 3.8) is 0 Å². The molecule has 0 aromatic carbocycles. The minimum atomic E-state index is -1.65. The van der Waals surface area contributed by atoms with Gasteiger partial charge in [-0.05, 0) is 12.1 Å². The van der Waals surface area contributed by atoms with E-state index in [9.17, 15) is 24.3 Å². The van der Waals surface area contributed by atoms with Gasteiger partial charge in [-0.1, -0.05) is 0 Å². The number of aromatic nitrogens is 1. The zero-order chi connectivity index (χ0) is 21.6. The Balaban J connectivity index is 2.30. The van der Waals surface area contributed by atoms with E-state index in [4.69, 9.17) is 18.9 Å². The van der Waals surface area contributed by atoms with Crippen LogP contribution < -0.4 is 5.32 Å². The summed E-state index contributed by atoms with van der Waals surface area (Å²) in [7, 11) is 0. The quantitative estimate of drug-likeness (QED) is 0.456. The van der Waals surface area contributed by atoms with Crippen LogP contribution in [0, 0.1) is 0 Å². The van der Waals surface area contributed by atoms with Crippen LogP contribution in [0.15, 0.2) is 24.5 Å². The van der Waals surface area contributed by atoms with Crippen LogP contribution in [0.1, 0.15) is 31.1 Å². The van der Waals surface area contributed by atoms with Crippen LogP contribution in [0.3, 0.4) is 0 Å². The van der Waals surface area contributed by atoms with E-state index < -0.39 is 54.5 Å². The van der Waals surface area contributed by atoms with Crippen LogP contribution in [-0.2, 0) is 33.3 Å². The van der Waals surface area contributed by atoms with Gasteiger partial charge in [-0.15, -0.1) is 0 Å². The number of hydrogen-bond donors (Lipinski definition) is 2. The summed E-state index contributed by atoms with van der Waals surface area (Å²) in [5.41, 5.74) is 0.187. The standard InChI is InChI=1S/C18H22N2O9/c1-9(21)26-8-13-15(27-10(2)22)16(28-11(3)23)14(18(25)29-13)20-17(24)12-5-4-6-19-7-12/h4-7,13-16,18,25H,8H2,1-3H3,(H,20,24)/t13-,14+,15-,16+,18-/m0/s1. The van der Waals surface area contributed by atoms with Gasteiger partial charge in [0.2, 0.25) is 0 Å². The van der Waals surface area contributed by atoms with Crippen molar-refractivity contribution in [2.24, 2.45) is 0 Å². The summed E-state index contributed by atoms with van der Waals surface area (Å²) in [6, 6.07) is 1.76. The number of ether oxygens (including phenoxy) is 4. The third-order valence-electron chi connectivity index (χ3n) is 3.94. The van der Waals surface area contributed by atoms with Crippen molar-refractivity contribution in [1.82, 2.24) is 10.3 Å². The van der Waals surface area contributed by atoms with E-state index in [2.05, 4.69) is 10.3 Å². The maximum absolute atomic E-state index is 12.5. The average molecular weight is 410 g/mol. The van der Waals surface area contributed by atoms with Crippen LogP contribution in [0.5, 0.6) is 0 Å². The fourth-order valence-electron chi connectivity index (χ4n) is 2.80. The van der Waals surface area contributed by atoms with Crippen LogP contribution in [0.4, 0.5) is 0 Å². The minimum absolute atomic E-state index is 0.187. The molecule has 2 heterocycles. The minimum Gasteiger partial charge on any atom is -0.463 e. The predicted octanol–water partition coefficient (Wildman–Crippen LogP) is -0.676. The Kier molecular flexibility index (Phi) is 7.62. The van der Waals surface area contributed by atoms with Crippen molar-refractivity contribution >= 4 is 23.8 Å². The van der Waals surface area contributed by atoms with E-state index in [1.807, 2.05) is 0 Å². The molecule has 29 heavy (non-hydrogen) atoms. The Bertz CT molecular complexity index is 755. The second kappa shape index (κ2) is 9.94. The Morgan fingerprint density at radius 1 is 1.10 bits per heavy atom. The second-order valence-corrected chi connectivity index (χ2v) is 6.26. The number of amides is 1. The van der Waals surface area contributed by atoms with Gasteiger partial charge in [0.15, 0.2) is 18.5 Å². The van der Waals surface area contributed by atoms with Crippen LogP contribution in [0.25, 0.3) is 0 Å². The molecule has 1 saturated heterocycles. The predicted molar refractivity (Wildman–Crippen MR) is 94.1 cm³/mol. The van der Waals surface area contributed by atoms with Crippen molar-refractivity contribution in [2.75, 3.05) is 6.61 Å². The molecule has 2 N–H and O–H groups in total. The molecule has 1 aromatic rings. The molecule has 1 amide bonds. The first-order valence-corrected chi connectivity index (χ1v) is 8.71. The molecule has 11 heteroatoms. The number of rotatable bonds is 6. The molecule has 2 rings (SSSR count). The first kappa shape index (κ1) is 22.2. The van der Waals surface area contributed by atoms with Crippen LogP contribution >= 0.6 is 0 Å². The lowest BCUT2D eigenvalue weighted by Gasteiger charge is -2.43. The van der Waals surface area contributed by atoms with Crippen molar-refractivity contribution in [3.8, 4) is 0 Å². The molecule has 5 atom stereocenters. The summed E-state index contributed by atoms with van der Waals surface area (Å²) in [5.74, 6) is -2.71. The fraction of sp³-hybridized carbons (Fsp3) is 0.500. The maximum atomic E-state index is 12.5. The number of esters is 3. The molecule has 0 bridgehead atoms. The van der Waals surface area contributed by atoms with E-state index in [1.54, 1.807) is 6.07 Å². The summed E-state index contributed by atoms with van der Waals surface area (Å²) in [6.45, 7) is 3.04. The average Bonchev–Trinajstić information content (AvgIpc) is 2.65. The van der Waals surface area contributed by atoms with E-state index in [0.29, 0.717) is 0 Å². The van der Waals surface area contributed by atoms with E-state index in [1.165, 1.54) is 25.4 Å². The second-order valence-electron chi connectivity index (χ2n) is 6.26. The summed E-state index contributed by atoms with van der Waals surface area (Å²) >= 11 is 0. The highest BCUT2D eigenvalue weighted by Gasteiger charge is 2.50. The van der Waals surface area contributed by atoms with Crippen molar-refractivity contribution in [2.45, 2.75) is 51.4 Å². The smallest absolute Gasteiger partial charge is 0.303 e. The molecule has 1 aromatic heterocycles. The molecule has 0 radical (unpaired) electrons. The molecule has 1 fully saturated rings. The van der Waals surface area contributed by atoms with Gasteiger partial charge in [0.25, 0.3) is 5.91 Å². The molecule has 0 unspecified atom stereocenters. The molecule has 11 nitrogen and oxygen atoms in total. The van der Waals surface area contributed by atoms with Crippen LogP contribution in [0.2, 0.25) is 0 Å². The highest BCUT2D eigenvalue weighted by molar-refractivity contribution is 5.94. The molecule has 0 spiro atoms. The number of nitrogens with zero attached hydrogens (tertiary/aromatic N) is 1. The Morgan fingerprint density at radius 3 is 2.31 bits per heavy atom. The molecular weight excluding hydrogens is 388 g/mol. The maximum Gasteiger partial charge on any atom is 0.303 e. The Morgan fingerprint density at radius 2 is 1.76 bits per heavy atom. The number of carbonyl (C=O) groups excluding carboxylic acids is 4. The van der Waals surface area contributed by atoms with Crippen molar-refractivity contribution < 1.29 is 43.2 Å². The monoisotopic (exact) mass is 410 g/mol. The largest absolute Gasteiger partial charge is 0.463 e. The number of aliphatic hydroxyl groups is 1. The van der Waals surface area contributed by atoms with Gasteiger partial charge >= 0.3 is 17.9 Å². The van der Waals surface area contributed by atoms with E-state index in [-0.39, 0.29) is 12.2 Å². The lowest BCUT2D eigenvalue weighted by Crippen LogP contribution is -2.66. The Hall–Kier alpha value is -3.05. The zero-order valence-electron chi connectivity index (χ0n) is 16.1. The number of carbonyl (C=O) groups is 4. The summed E-state index contributed by atoms with van der Waals surface area (Å²) < 4.78 is 20.7. The van der Waals surface area contributed by atoms with E-state index in [0.717, 1.165) is 13.8 Å². The van der Waals surface area contributed by atoms with Gasteiger partial charge in [-0.3, -0.25) is 24.2 Å². The molecular formula is C18H22N2O9. The van der Waals surface area contributed by atoms with Gasteiger partial charge in [-0.2, -0.15) is 0 Å². The van der Waals surface area contributed by atoms with Gasteiger partial charge in [0.05, 0.1) is 5.56 Å². The van der Waals surface area contributed by atoms with Gasteiger partial charge in [0, 0.05) is 33.2 Å². The molecule has 0 aliphatic carbocycles. The van der Waals surface area contributed by atoms with Gasteiger partial charge < -0.3 is 29.4 Å². The third kappa shape index (κ3) is 6.22. The van der Waals surface area contributed by atoms with Crippen molar-refractivity contribution in [1.29, 1.82) is 0 Å². The number of nitrogens with one attached hydrogen (secondary N) is 1. The highest BCUT2D eigenvalue weighted by Crippen LogP contribution is 2.26. The van der Waals surface area contributed by atoms with Crippen molar-refractivity contribution in [3.05, 3.63) is 30.1 Å². The first-order valence-electron chi connectivity index (χ1n) is 8.71.